The molecule has 0 atom stereocenters. The third kappa shape index (κ3) is 3.02. The lowest BCUT2D eigenvalue weighted by Crippen LogP contribution is -2.15. The van der Waals surface area contributed by atoms with Gasteiger partial charge in [0.05, 0.1) is 10.7 Å². The van der Waals surface area contributed by atoms with Crippen molar-refractivity contribution in [1.29, 1.82) is 0 Å². The van der Waals surface area contributed by atoms with E-state index in [-0.39, 0.29) is 0 Å². The minimum Gasteiger partial charge on any atom is -0.385 e. The van der Waals surface area contributed by atoms with Crippen molar-refractivity contribution in [2.75, 3.05) is 11.9 Å². The van der Waals surface area contributed by atoms with E-state index in [1.165, 1.54) is 34.5 Å². The molecule has 1 aromatic carbocycles. The quantitative estimate of drug-likeness (QED) is 0.905. The van der Waals surface area contributed by atoms with Crippen molar-refractivity contribution in [3.8, 4) is 0 Å². The molecule has 20 heavy (non-hydrogen) atoms. The average molecular weight is 287 g/mol. The first kappa shape index (κ1) is 13.6. The molecule has 0 radical (unpaired) electrons. The van der Waals surface area contributed by atoms with Crippen LogP contribution in [0.25, 0.3) is 0 Å². The molecule has 3 rings (SSSR count). The predicted molar refractivity (Wildman–Crippen MR) is 85.4 cm³/mol. The number of anilines is 1. The van der Waals surface area contributed by atoms with Gasteiger partial charge in [-0.05, 0) is 43.9 Å². The summed E-state index contributed by atoms with van der Waals surface area (Å²) in [5.74, 6) is 0. The Labute approximate surface area is 124 Å². The molecule has 4 heteroatoms. The standard InChI is InChI=1S/C16H21N3S/c1-11-16(20-12(2)19-11)10-17-9-13-5-6-15-14(8-13)4-3-7-18-15/h5-6,8,17-18H,3-4,7,9-10H2,1-2H3. The summed E-state index contributed by atoms with van der Waals surface area (Å²) in [6.07, 6.45) is 2.44. The SMILES string of the molecule is Cc1nc(C)c(CNCc2ccc3c(c2)CCCN3)s1. The Morgan fingerprint density at radius 1 is 1.30 bits per heavy atom. The second kappa shape index (κ2) is 5.94. The first-order valence-electron chi connectivity index (χ1n) is 7.21. The lowest BCUT2D eigenvalue weighted by atomic mass is 10.0. The number of rotatable bonds is 4. The summed E-state index contributed by atoms with van der Waals surface area (Å²) in [4.78, 5) is 5.81. The maximum absolute atomic E-state index is 4.46. The van der Waals surface area contributed by atoms with E-state index < -0.39 is 0 Å². The lowest BCUT2D eigenvalue weighted by molar-refractivity contribution is 0.695. The van der Waals surface area contributed by atoms with Crippen molar-refractivity contribution < 1.29 is 0 Å². The molecular formula is C16H21N3S. The van der Waals surface area contributed by atoms with Gasteiger partial charge in [0.1, 0.15) is 0 Å². The molecular weight excluding hydrogens is 266 g/mol. The minimum atomic E-state index is 0.909. The second-order valence-corrected chi connectivity index (χ2v) is 6.65. The molecule has 2 N–H and O–H groups in total. The van der Waals surface area contributed by atoms with Gasteiger partial charge in [-0.3, -0.25) is 0 Å². The fourth-order valence-electron chi connectivity index (χ4n) is 2.70. The van der Waals surface area contributed by atoms with Crippen molar-refractivity contribution in [3.63, 3.8) is 0 Å². The fourth-order valence-corrected chi connectivity index (χ4v) is 3.60. The lowest BCUT2D eigenvalue weighted by Gasteiger charge is -2.18. The number of aromatic nitrogens is 1. The molecule has 0 fully saturated rings. The van der Waals surface area contributed by atoms with Crippen molar-refractivity contribution in [3.05, 3.63) is 44.9 Å². The fraction of sp³-hybridized carbons (Fsp3) is 0.438. The summed E-state index contributed by atoms with van der Waals surface area (Å²) in [6.45, 7) is 7.09. The van der Waals surface area contributed by atoms with E-state index in [1.807, 2.05) is 0 Å². The molecule has 0 saturated carbocycles. The maximum Gasteiger partial charge on any atom is 0.0900 e. The number of hydrogen-bond donors (Lipinski definition) is 2. The van der Waals surface area contributed by atoms with E-state index in [0.717, 1.165) is 30.3 Å². The van der Waals surface area contributed by atoms with Gasteiger partial charge in [0, 0.05) is 30.2 Å². The van der Waals surface area contributed by atoms with Gasteiger partial charge in [0.25, 0.3) is 0 Å². The van der Waals surface area contributed by atoms with Gasteiger partial charge in [-0.2, -0.15) is 0 Å². The van der Waals surface area contributed by atoms with E-state index in [4.69, 9.17) is 0 Å². The van der Waals surface area contributed by atoms with Gasteiger partial charge in [-0.1, -0.05) is 12.1 Å². The van der Waals surface area contributed by atoms with Crippen molar-refractivity contribution in [1.82, 2.24) is 10.3 Å². The first-order valence-corrected chi connectivity index (χ1v) is 8.03. The highest BCUT2D eigenvalue weighted by atomic mass is 32.1. The summed E-state index contributed by atoms with van der Waals surface area (Å²) >= 11 is 1.79. The Morgan fingerprint density at radius 2 is 2.20 bits per heavy atom. The Bertz CT molecular complexity index is 604. The number of aryl methyl sites for hydroxylation is 3. The van der Waals surface area contributed by atoms with E-state index in [9.17, 15) is 0 Å². The smallest absolute Gasteiger partial charge is 0.0900 e. The highest BCUT2D eigenvalue weighted by Crippen LogP contribution is 2.23. The van der Waals surface area contributed by atoms with Gasteiger partial charge in [0.15, 0.2) is 0 Å². The minimum absolute atomic E-state index is 0.909. The molecule has 106 valence electrons. The summed E-state index contributed by atoms with van der Waals surface area (Å²) in [5.41, 5.74) is 5.30. The topological polar surface area (TPSA) is 37.0 Å². The molecule has 0 spiro atoms. The van der Waals surface area contributed by atoms with E-state index >= 15 is 0 Å². The number of fused-ring (bicyclic) bond motifs is 1. The van der Waals surface area contributed by atoms with Crippen LogP contribution in [0.4, 0.5) is 5.69 Å². The Kier molecular flexibility index (Phi) is 4.03. The van der Waals surface area contributed by atoms with Crippen LogP contribution in [-0.4, -0.2) is 11.5 Å². The summed E-state index contributed by atoms with van der Waals surface area (Å²) in [5, 5.41) is 8.14. The first-order chi connectivity index (χ1) is 9.72. The maximum atomic E-state index is 4.46. The molecule has 3 nitrogen and oxygen atoms in total. The van der Waals surface area contributed by atoms with E-state index in [1.54, 1.807) is 11.3 Å². The highest BCUT2D eigenvalue weighted by molar-refractivity contribution is 7.11. The largest absolute Gasteiger partial charge is 0.385 e. The van der Waals surface area contributed by atoms with Crippen LogP contribution in [0.3, 0.4) is 0 Å². The van der Waals surface area contributed by atoms with Crippen LogP contribution in [0.5, 0.6) is 0 Å². The molecule has 0 aliphatic carbocycles. The molecule has 2 heterocycles. The Balaban J connectivity index is 1.60. The number of nitrogens with zero attached hydrogens (tertiary/aromatic N) is 1. The zero-order valence-corrected chi connectivity index (χ0v) is 12.9. The predicted octanol–water partition coefficient (Wildman–Crippen LogP) is 3.41. The average Bonchev–Trinajstić information content (AvgIpc) is 2.77. The van der Waals surface area contributed by atoms with Crippen LogP contribution in [0, 0.1) is 13.8 Å². The Morgan fingerprint density at radius 3 is 3.00 bits per heavy atom. The van der Waals surface area contributed by atoms with Crippen molar-refractivity contribution in [2.24, 2.45) is 0 Å². The summed E-state index contributed by atoms with van der Waals surface area (Å²) in [6, 6.07) is 6.77. The zero-order chi connectivity index (χ0) is 13.9. The van der Waals surface area contributed by atoms with Crippen LogP contribution in [0.1, 0.15) is 33.1 Å². The molecule has 2 aromatic rings. The van der Waals surface area contributed by atoms with Crippen LogP contribution in [0.15, 0.2) is 18.2 Å². The van der Waals surface area contributed by atoms with Gasteiger partial charge < -0.3 is 10.6 Å². The molecule has 0 unspecified atom stereocenters. The van der Waals surface area contributed by atoms with Crippen LogP contribution >= 0.6 is 11.3 Å². The third-order valence-electron chi connectivity index (χ3n) is 3.72. The molecule has 0 saturated heterocycles. The third-order valence-corrected chi connectivity index (χ3v) is 4.80. The molecule has 0 amide bonds. The second-order valence-electron chi connectivity index (χ2n) is 5.37. The van der Waals surface area contributed by atoms with Gasteiger partial charge in [0.2, 0.25) is 0 Å². The number of benzene rings is 1. The molecule has 1 aliphatic heterocycles. The van der Waals surface area contributed by atoms with Crippen LogP contribution in [0.2, 0.25) is 0 Å². The zero-order valence-electron chi connectivity index (χ0n) is 12.1. The molecule has 1 aromatic heterocycles. The van der Waals surface area contributed by atoms with Gasteiger partial charge in [-0.15, -0.1) is 11.3 Å². The summed E-state index contributed by atoms with van der Waals surface area (Å²) in [7, 11) is 0. The van der Waals surface area contributed by atoms with Crippen molar-refractivity contribution in [2.45, 2.75) is 39.8 Å². The van der Waals surface area contributed by atoms with Crippen LogP contribution in [-0.2, 0) is 19.5 Å². The monoisotopic (exact) mass is 287 g/mol. The number of hydrogen-bond acceptors (Lipinski definition) is 4. The number of thiazole rings is 1. The normalized spacial score (nSPS) is 13.9. The number of nitrogens with one attached hydrogen (secondary N) is 2. The highest BCUT2D eigenvalue weighted by Gasteiger charge is 2.09. The van der Waals surface area contributed by atoms with Gasteiger partial charge in [-0.25, -0.2) is 4.98 Å². The van der Waals surface area contributed by atoms with E-state index in [0.29, 0.717) is 0 Å². The van der Waals surface area contributed by atoms with Crippen molar-refractivity contribution >= 4 is 17.0 Å². The van der Waals surface area contributed by atoms with E-state index in [2.05, 4.69) is 47.7 Å². The molecule has 1 aliphatic rings. The Hall–Kier alpha value is -1.39. The van der Waals surface area contributed by atoms with Crippen LogP contribution < -0.4 is 10.6 Å². The summed E-state index contributed by atoms with van der Waals surface area (Å²) < 4.78 is 0. The van der Waals surface area contributed by atoms with Gasteiger partial charge >= 0.3 is 0 Å². The molecule has 0 bridgehead atoms.